The number of amides is 1. The third-order valence-corrected chi connectivity index (χ3v) is 2.67. The molecular formula is C10H9N5O. The maximum atomic E-state index is 12.0. The molecule has 1 aliphatic heterocycles. The Morgan fingerprint density at radius 2 is 2.25 bits per heavy atom. The van der Waals surface area contributed by atoms with Crippen molar-refractivity contribution in [1.82, 2.24) is 20.6 Å². The molecule has 0 saturated carbocycles. The largest absolute Gasteiger partial charge is 0.305 e. The van der Waals surface area contributed by atoms with Crippen LogP contribution in [0.5, 0.6) is 0 Å². The van der Waals surface area contributed by atoms with Crippen molar-refractivity contribution in [3.63, 3.8) is 0 Å². The van der Waals surface area contributed by atoms with Crippen molar-refractivity contribution in [3.8, 4) is 0 Å². The third-order valence-electron chi connectivity index (χ3n) is 2.67. The fourth-order valence-electron chi connectivity index (χ4n) is 1.92. The Balaban J connectivity index is 1.96. The van der Waals surface area contributed by atoms with Crippen LogP contribution in [0.2, 0.25) is 0 Å². The zero-order valence-corrected chi connectivity index (χ0v) is 8.42. The SMILES string of the molecule is O=C(c1nn[nH]n1)N1CCc2ccccc21. The molecule has 1 amide bonds. The van der Waals surface area contributed by atoms with Gasteiger partial charge in [-0.15, -0.1) is 10.2 Å². The van der Waals surface area contributed by atoms with Crippen molar-refractivity contribution in [1.29, 1.82) is 0 Å². The van der Waals surface area contributed by atoms with E-state index in [9.17, 15) is 4.79 Å². The Labute approximate surface area is 91.3 Å². The van der Waals surface area contributed by atoms with Crippen LogP contribution in [0.4, 0.5) is 5.69 Å². The Morgan fingerprint density at radius 3 is 3.06 bits per heavy atom. The Hall–Kier alpha value is -2.24. The van der Waals surface area contributed by atoms with Gasteiger partial charge in [0.1, 0.15) is 0 Å². The molecule has 16 heavy (non-hydrogen) atoms. The monoisotopic (exact) mass is 215 g/mol. The summed E-state index contributed by atoms with van der Waals surface area (Å²) >= 11 is 0. The molecule has 0 aliphatic carbocycles. The zero-order chi connectivity index (χ0) is 11.0. The lowest BCUT2D eigenvalue weighted by Crippen LogP contribution is -2.29. The number of H-pyrrole nitrogens is 1. The summed E-state index contributed by atoms with van der Waals surface area (Å²) in [5.74, 6) is -0.101. The summed E-state index contributed by atoms with van der Waals surface area (Å²) in [4.78, 5) is 13.7. The van der Waals surface area contributed by atoms with E-state index in [1.165, 1.54) is 5.56 Å². The molecule has 0 fully saturated rings. The van der Waals surface area contributed by atoms with Gasteiger partial charge in [0.25, 0.3) is 11.7 Å². The van der Waals surface area contributed by atoms with Gasteiger partial charge in [0, 0.05) is 12.2 Å². The number of tetrazole rings is 1. The van der Waals surface area contributed by atoms with E-state index in [-0.39, 0.29) is 11.7 Å². The number of hydrogen-bond acceptors (Lipinski definition) is 4. The second-order valence-electron chi connectivity index (χ2n) is 3.57. The zero-order valence-electron chi connectivity index (χ0n) is 8.42. The number of aromatic nitrogens is 4. The van der Waals surface area contributed by atoms with Crippen molar-refractivity contribution in [2.24, 2.45) is 0 Å². The molecule has 0 unspecified atom stereocenters. The van der Waals surface area contributed by atoms with Gasteiger partial charge in [-0.3, -0.25) is 4.79 Å². The lowest BCUT2D eigenvalue weighted by molar-refractivity contribution is 0.0979. The van der Waals surface area contributed by atoms with Crippen molar-refractivity contribution < 1.29 is 4.79 Å². The average molecular weight is 215 g/mol. The predicted molar refractivity (Wildman–Crippen MR) is 56.0 cm³/mol. The second-order valence-corrected chi connectivity index (χ2v) is 3.57. The highest BCUT2D eigenvalue weighted by Crippen LogP contribution is 2.27. The number of carbonyl (C=O) groups excluding carboxylic acids is 1. The van der Waals surface area contributed by atoms with Crippen LogP contribution < -0.4 is 4.90 Å². The minimum atomic E-state index is -0.210. The van der Waals surface area contributed by atoms with E-state index in [4.69, 9.17) is 0 Å². The van der Waals surface area contributed by atoms with Gasteiger partial charge in [0.2, 0.25) is 0 Å². The molecule has 1 aromatic carbocycles. The van der Waals surface area contributed by atoms with Gasteiger partial charge in [-0.1, -0.05) is 18.2 Å². The number of hydrogen-bond donors (Lipinski definition) is 1. The quantitative estimate of drug-likeness (QED) is 0.747. The number of nitrogens with zero attached hydrogens (tertiary/aromatic N) is 4. The molecule has 0 bridgehead atoms. The van der Waals surface area contributed by atoms with Crippen LogP contribution in [0.3, 0.4) is 0 Å². The van der Waals surface area contributed by atoms with Gasteiger partial charge in [-0.25, -0.2) is 0 Å². The first kappa shape index (κ1) is 9.02. The summed E-state index contributed by atoms with van der Waals surface area (Å²) in [5.41, 5.74) is 2.12. The first-order valence-corrected chi connectivity index (χ1v) is 4.99. The summed E-state index contributed by atoms with van der Waals surface area (Å²) < 4.78 is 0. The maximum Gasteiger partial charge on any atom is 0.299 e. The van der Waals surface area contributed by atoms with Crippen molar-refractivity contribution in [2.45, 2.75) is 6.42 Å². The summed E-state index contributed by atoms with van der Waals surface area (Å²) in [5, 5.41) is 13.1. The van der Waals surface area contributed by atoms with Crippen LogP contribution in [0.15, 0.2) is 24.3 Å². The molecule has 1 N–H and O–H groups in total. The highest BCUT2D eigenvalue weighted by atomic mass is 16.2. The summed E-state index contributed by atoms with van der Waals surface area (Å²) in [6.07, 6.45) is 0.875. The molecule has 6 heteroatoms. The molecule has 0 saturated heterocycles. The molecule has 0 radical (unpaired) electrons. The number of aromatic amines is 1. The fraction of sp³-hybridized carbons (Fsp3) is 0.200. The molecule has 1 aromatic heterocycles. The molecule has 3 rings (SSSR count). The van der Waals surface area contributed by atoms with Crippen LogP contribution in [-0.4, -0.2) is 33.1 Å². The van der Waals surface area contributed by atoms with E-state index in [1.54, 1.807) is 4.90 Å². The standard InChI is InChI=1S/C10H9N5O/c16-10(9-11-13-14-12-9)15-6-5-7-3-1-2-4-8(7)15/h1-4H,5-6H2,(H,11,12,13,14). The third kappa shape index (κ3) is 1.27. The number of benzene rings is 1. The minimum absolute atomic E-state index is 0.108. The van der Waals surface area contributed by atoms with E-state index in [0.717, 1.165) is 12.1 Å². The Morgan fingerprint density at radius 1 is 1.38 bits per heavy atom. The van der Waals surface area contributed by atoms with E-state index in [0.29, 0.717) is 6.54 Å². The normalized spacial score (nSPS) is 13.9. The molecule has 80 valence electrons. The molecule has 2 aromatic rings. The number of fused-ring (bicyclic) bond motifs is 1. The minimum Gasteiger partial charge on any atom is -0.305 e. The van der Waals surface area contributed by atoms with Crippen molar-refractivity contribution in [2.75, 3.05) is 11.4 Å². The molecule has 2 heterocycles. The summed E-state index contributed by atoms with van der Waals surface area (Å²) in [6, 6.07) is 7.85. The van der Waals surface area contributed by atoms with Gasteiger partial charge < -0.3 is 4.90 Å². The van der Waals surface area contributed by atoms with E-state index < -0.39 is 0 Å². The highest BCUT2D eigenvalue weighted by molar-refractivity contribution is 6.04. The molecule has 1 aliphatic rings. The van der Waals surface area contributed by atoms with Gasteiger partial charge in [-0.2, -0.15) is 5.21 Å². The van der Waals surface area contributed by atoms with E-state index in [1.807, 2.05) is 24.3 Å². The van der Waals surface area contributed by atoms with Gasteiger partial charge in [0.05, 0.1) is 0 Å². The van der Waals surface area contributed by atoms with Gasteiger partial charge >= 0.3 is 0 Å². The highest BCUT2D eigenvalue weighted by Gasteiger charge is 2.27. The predicted octanol–water partition coefficient (Wildman–Crippen LogP) is 0.403. The maximum absolute atomic E-state index is 12.0. The molecule has 6 nitrogen and oxygen atoms in total. The smallest absolute Gasteiger partial charge is 0.299 e. The summed E-state index contributed by atoms with van der Waals surface area (Å²) in [7, 11) is 0. The van der Waals surface area contributed by atoms with Gasteiger partial charge in [-0.05, 0) is 23.3 Å². The molecular weight excluding hydrogens is 206 g/mol. The summed E-state index contributed by atoms with van der Waals surface area (Å²) in [6.45, 7) is 0.673. The van der Waals surface area contributed by atoms with Crippen LogP contribution in [0.1, 0.15) is 16.2 Å². The van der Waals surface area contributed by atoms with Crippen molar-refractivity contribution >= 4 is 11.6 Å². The fourth-order valence-corrected chi connectivity index (χ4v) is 1.92. The van der Waals surface area contributed by atoms with Crippen LogP contribution in [0, 0.1) is 0 Å². The number of rotatable bonds is 1. The molecule has 0 spiro atoms. The second kappa shape index (κ2) is 3.41. The van der Waals surface area contributed by atoms with E-state index in [2.05, 4.69) is 20.6 Å². The topological polar surface area (TPSA) is 74.8 Å². The Bertz CT molecular complexity index is 522. The lowest BCUT2D eigenvalue weighted by atomic mass is 10.2. The first-order chi connectivity index (χ1) is 7.86. The van der Waals surface area contributed by atoms with E-state index >= 15 is 0 Å². The number of carbonyl (C=O) groups is 1. The number of para-hydroxylation sites is 1. The average Bonchev–Trinajstić information content (AvgIpc) is 2.98. The molecule has 0 atom stereocenters. The lowest BCUT2D eigenvalue weighted by Gasteiger charge is -2.14. The van der Waals surface area contributed by atoms with Crippen LogP contribution in [0.25, 0.3) is 0 Å². The first-order valence-electron chi connectivity index (χ1n) is 4.99. The Kier molecular flexibility index (Phi) is 1.92. The van der Waals surface area contributed by atoms with Crippen molar-refractivity contribution in [3.05, 3.63) is 35.7 Å². The number of anilines is 1. The van der Waals surface area contributed by atoms with Crippen LogP contribution in [-0.2, 0) is 6.42 Å². The number of nitrogens with one attached hydrogen (secondary N) is 1. The van der Waals surface area contributed by atoms with Crippen LogP contribution >= 0.6 is 0 Å². The van der Waals surface area contributed by atoms with Gasteiger partial charge in [0.15, 0.2) is 0 Å².